The Balaban J connectivity index is 0.000000161. The molecule has 8 aliphatic rings. The Morgan fingerprint density at radius 3 is 0.328 bits per heavy atom. The largest absolute Gasteiger partial charge is 0.387 e. The van der Waals surface area contributed by atoms with E-state index in [2.05, 4.69) is 0 Å². The van der Waals surface area contributed by atoms with Crippen molar-refractivity contribution in [2.24, 2.45) is 0 Å². The summed E-state index contributed by atoms with van der Waals surface area (Å²) in [6.45, 7) is 0. The maximum Gasteiger partial charge on any atom is 0.124 e. The fourth-order valence-electron chi connectivity index (χ4n) is 11.9. The lowest BCUT2D eigenvalue weighted by atomic mass is 9.59. The highest BCUT2D eigenvalue weighted by Gasteiger charge is 2.70. The third kappa shape index (κ3) is 7.89. The summed E-state index contributed by atoms with van der Waals surface area (Å²) in [5.74, 6) is 0. The van der Waals surface area contributed by atoms with Crippen LogP contribution in [0.3, 0.4) is 0 Å². The summed E-state index contributed by atoms with van der Waals surface area (Å²) in [5.41, 5.74) is -15.6. The van der Waals surface area contributed by atoms with E-state index in [9.17, 15) is 123 Å². The summed E-state index contributed by atoms with van der Waals surface area (Å²) in [6, 6.07) is 0. The first-order chi connectivity index (χ1) is 29.4. The molecule has 0 aromatic carbocycles. The summed E-state index contributed by atoms with van der Waals surface area (Å²) in [7, 11) is 0. The zero-order chi connectivity index (χ0) is 48.6. The average molecular weight is 937 g/mol. The highest BCUT2D eigenvalue weighted by molar-refractivity contribution is 5.21. The van der Waals surface area contributed by atoms with E-state index in [0.717, 1.165) is 0 Å². The van der Waals surface area contributed by atoms with Crippen molar-refractivity contribution in [3.05, 3.63) is 0 Å². The van der Waals surface area contributed by atoms with E-state index in [4.69, 9.17) is 0 Å². The third-order valence-electron chi connectivity index (χ3n) is 16.4. The molecule has 0 aromatic heterocycles. The molecule has 24 atom stereocenters. The van der Waals surface area contributed by atoms with Gasteiger partial charge in [-0.1, -0.05) is 51.4 Å². The van der Waals surface area contributed by atoms with E-state index in [-0.39, 0.29) is 51.4 Å². The molecular formula is C40H72O24. The Morgan fingerprint density at radius 1 is 0.172 bits per heavy atom. The molecule has 8 saturated carbocycles. The van der Waals surface area contributed by atoms with E-state index in [1.807, 2.05) is 0 Å². The molecule has 8 aliphatic carbocycles. The minimum Gasteiger partial charge on any atom is -0.387 e. The van der Waals surface area contributed by atoms with Crippen molar-refractivity contribution in [1.29, 1.82) is 0 Å². The van der Waals surface area contributed by atoms with Crippen LogP contribution in [0, 0.1) is 0 Å². The Morgan fingerprint density at radius 2 is 0.250 bits per heavy atom. The quantitative estimate of drug-likeness (QED) is 0.107. The molecule has 8 fully saturated rings. The molecule has 24 heteroatoms. The van der Waals surface area contributed by atoms with Crippen LogP contribution in [0.4, 0.5) is 0 Å². The lowest BCUT2D eigenvalue weighted by molar-refractivity contribution is -0.323. The first kappa shape index (κ1) is 54.0. The monoisotopic (exact) mass is 936 g/mol. The summed E-state index contributed by atoms with van der Waals surface area (Å²) in [5, 5.41) is 236. The van der Waals surface area contributed by atoms with Crippen LogP contribution in [0.5, 0.6) is 0 Å². The molecule has 8 rings (SSSR count). The number of aliphatic hydroxyl groups excluding tert-OH is 16. The zero-order valence-electron chi connectivity index (χ0n) is 35.3. The van der Waals surface area contributed by atoms with E-state index in [1.54, 1.807) is 0 Å². The van der Waals surface area contributed by atoms with Crippen molar-refractivity contribution in [2.45, 2.75) is 245 Å². The van der Waals surface area contributed by atoms with Gasteiger partial charge >= 0.3 is 0 Å². The Labute approximate surface area is 367 Å². The van der Waals surface area contributed by atoms with Gasteiger partial charge in [-0.3, -0.25) is 0 Å². The van der Waals surface area contributed by atoms with Gasteiger partial charge in [0.25, 0.3) is 0 Å². The van der Waals surface area contributed by atoms with Crippen LogP contribution in [0.25, 0.3) is 0 Å². The predicted molar refractivity (Wildman–Crippen MR) is 210 cm³/mol. The van der Waals surface area contributed by atoms with E-state index >= 15 is 0 Å². The van der Waals surface area contributed by atoms with Gasteiger partial charge in [0.1, 0.15) is 142 Å². The van der Waals surface area contributed by atoms with Gasteiger partial charge in [0.05, 0.1) is 0 Å². The summed E-state index contributed by atoms with van der Waals surface area (Å²) in [4.78, 5) is 0. The third-order valence-corrected chi connectivity index (χ3v) is 16.4. The first-order valence-electron chi connectivity index (χ1n) is 22.1. The van der Waals surface area contributed by atoms with E-state index < -0.39 is 142 Å². The van der Waals surface area contributed by atoms with Crippen molar-refractivity contribution in [2.75, 3.05) is 0 Å². The summed E-state index contributed by atoms with van der Waals surface area (Å²) >= 11 is 0. The molecule has 0 amide bonds. The van der Waals surface area contributed by atoms with Gasteiger partial charge in [0, 0.05) is 0 Å². The molecule has 0 heterocycles. The fourth-order valence-corrected chi connectivity index (χ4v) is 11.9. The van der Waals surface area contributed by atoms with Crippen molar-refractivity contribution >= 4 is 0 Å². The average Bonchev–Trinajstić information content (AvgIpc) is 3.27. The van der Waals surface area contributed by atoms with Crippen LogP contribution in [0.15, 0.2) is 0 Å². The summed E-state index contributed by atoms with van der Waals surface area (Å²) in [6.07, 6.45) is -21.1. The van der Waals surface area contributed by atoms with Crippen LogP contribution >= 0.6 is 0 Å². The minimum absolute atomic E-state index is 0.0888. The molecule has 0 aromatic rings. The van der Waals surface area contributed by atoms with Crippen molar-refractivity contribution < 1.29 is 123 Å². The number of hydrogen-bond donors (Lipinski definition) is 24. The number of aliphatic hydroxyl groups is 24. The molecule has 376 valence electrons. The number of rotatable bonds is 0. The maximum atomic E-state index is 10.2. The molecule has 0 saturated heterocycles. The van der Waals surface area contributed by atoms with E-state index in [1.165, 1.54) is 0 Å². The molecule has 24 N–H and O–H groups in total. The molecule has 24 nitrogen and oxygen atoms in total. The number of hydrogen-bond acceptors (Lipinski definition) is 24. The predicted octanol–water partition coefficient (Wildman–Crippen LogP) is -10.1. The topological polar surface area (TPSA) is 486 Å². The molecule has 0 unspecified atom stereocenters. The second-order valence-corrected chi connectivity index (χ2v) is 19.7. The molecule has 0 spiro atoms. The van der Waals surface area contributed by atoms with Crippen molar-refractivity contribution in [1.82, 2.24) is 0 Å². The van der Waals surface area contributed by atoms with Crippen molar-refractivity contribution in [3.8, 4) is 0 Å². The lowest BCUT2D eigenvalue weighted by Gasteiger charge is -2.57. The smallest absolute Gasteiger partial charge is 0.124 e. The van der Waals surface area contributed by atoms with Gasteiger partial charge in [-0.15, -0.1) is 0 Å². The Bertz CT molecular complexity index is 1250. The number of fused-ring (bicyclic) bond motifs is 4. The van der Waals surface area contributed by atoms with Crippen LogP contribution in [-0.4, -0.2) is 265 Å². The van der Waals surface area contributed by atoms with Gasteiger partial charge in [0.15, 0.2) is 0 Å². The fraction of sp³-hybridized carbons (Fsp3) is 1.00. The van der Waals surface area contributed by atoms with Crippen LogP contribution in [0.2, 0.25) is 0 Å². The summed E-state index contributed by atoms with van der Waals surface area (Å²) < 4.78 is 0. The second kappa shape index (κ2) is 18.7. The van der Waals surface area contributed by atoms with Gasteiger partial charge in [-0.25, -0.2) is 0 Å². The van der Waals surface area contributed by atoms with Crippen LogP contribution in [-0.2, 0) is 0 Å². The lowest BCUT2D eigenvalue weighted by Crippen LogP contribution is -2.78. The van der Waals surface area contributed by atoms with Gasteiger partial charge in [-0.2, -0.15) is 0 Å². The van der Waals surface area contributed by atoms with Crippen LogP contribution in [0.1, 0.15) is 103 Å². The first-order valence-corrected chi connectivity index (χ1v) is 22.1. The normalized spacial score (nSPS) is 58.1. The standard InChI is InChI=1S/4C10H18O6/c4*11-5-6(12)8(14)10(16)4-2-1-3-9(10,15)7(5)13/h4*5-8,11-16H,1-4H2/t4*5-,6+,7+,8-,9-,10-/m1111/s1. The molecular weight excluding hydrogens is 864 g/mol. The van der Waals surface area contributed by atoms with E-state index in [0.29, 0.717) is 51.4 Å². The van der Waals surface area contributed by atoms with Crippen molar-refractivity contribution in [3.63, 3.8) is 0 Å². The zero-order valence-corrected chi connectivity index (χ0v) is 35.3. The second-order valence-electron chi connectivity index (χ2n) is 19.7. The molecule has 0 radical (unpaired) electrons. The van der Waals surface area contributed by atoms with Gasteiger partial charge in [0.2, 0.25) is 0 Å². The maximum absolute atomic E-state index is 10.2. The minimum atomic E-state index is -1.96. The highest BCUT2D eigenvalue weighted by atomic mass is 16.5. The molecule has 0 bridgehead atoms. The van der Waals surface area contributed by atoms with Gasteiger partial charge in [-0.05, 0) is 51.4 Å². The Hall–Kier alpha value is -0.960. The molecule has 64 heavy (non-hydrogen) atoms. The highest BCUT2D eigenvalue weighted by Crippen LogP contribution is 2.51. The SMILES string of the molecule is O[C@@H]1[C@H](O)[C@@H](O)[C@]2(O)CCCC[C@@]2(O)[C@H]1O.O[C@@H]1[C@H](O)[C@@H](O)[C@]2(O)CCCC[C@@]2(O)[C@H]1O.O[C@@H]1[C@H](O)[C@@H](O)[C@]2(O)CCCC[C@@]2(O)[C@H]1O.O[C@@H]1[C@H](O)[C@@H](O)[C@]2(O)CCCC[C@@]2(O)[C@H]1O. The van der Waals surface area contributed by atoms with Crippen LogP contribution < -0.4 is 0 Å². The molecule has 0 aliphatic heterocycles. The van der Waals surface area contributed by atoms with Gasteiger partial charge < -0.3 is 123 Å². The Kier molecular flexibility index (Phi) is 15.8.